The molecule has 0 saturated carbocycles. The summed E-state index contributed by atoms with van der Waals surface area (Å²) >= 11 is 0. The van der Waals surface area contributed by atoms with Gasteiger partial charge in [-0.25, -0.2) is 9.98 Å². The molecular weight excluding hydrogens is 270 g/mol. The maximum Gasteiger partial charge on any atom is 0.154 e. The molecule has 3 nitrogen and oxygen atoms in total. The SMILES string of the molecule is Cc1ccc(-c2ccc(N=C(N)c3ccccc3)nc2)cc1. The first-order valence-corrected chi connectivity index (χ1v) is 7.15. The molecule has 0 radical (unpaired) electrons. The van der Waals surface area contributed by atoms with Crippen molar-refractivity contribution in [2.75, 3.05) is 0 Å². The fourth-order valence-corrected chi connectivity index (χ4v) is 2.17. The number of nitrogens with two attached hydrogens (primary N) is 1. The minimum absolute atomic E-state index is 0.469. The maximum atomic E-state index is 6.00. The number of pyridine rings is 1. The molecule has 108 valence electrons. The Kier molecular flexibility index (Phi) is 3.97. The average molecular weight is 287 g/mol. The molecule has 22 heavy (non-hydrogen) atoms. The quantitative estimate of drug-likeness (QED) is 0.582. The van der Waals surface area contributed by atoms with E-state index in [1.807, 2.05) is 48.7 Å². The Balaban J connectivity index is 1.84. The highest BCUT2D eigenvalue weighted by atomic mass is 14.9. The molecule has 0 saturated heterocycles. The van der Waals surface area contributed by atoms with Gasteiger partial charge in [-0.3, -0.25) is 0 Å². The number of hydrogen-bond acceptors (Lipinski definition) is 2. The van der Waals surface area contributed by atoms with Crippen LogP contribution in [0.1, 0.15) is 11.1 Å². The zero-order valence-corrected chi connectivity index (χ0v) is 12.4. The van der Waals surface area contributed by atoms with Gasteiger partial charge in [0, 0.05) is 17.3 Å². The van der Waals surface area contributed by atoms with Crippen LogP contribution in [0.5, 0.6) is 0 Å². The summed E-state index contributed by atoms with van der Waals surface area (Å²) in [6.45, 7) is 2.08. The summed E-state index contributed by atoms with van der Waals surface area (Å²) in [5.74, 6) is 1.08. The molecule has 1 aromatic heterocycles. The van der Waals surface area contributed by atoms with Gasteiger partial charge >= 0.3 is 0 Å². The molecule has 0 aliphatic carbocycles. The van der Waals surface area contributed by atoms with Gasteiger partial charge in [-0.2, -0.15) is 0 Å². The Morgan fingerprint density at radius 1 is 0.864 bits per heavy atom. The topological polar surface area (TPSA) is 51.3 Å². The van der Waals surface area contributed by atoms with E-state index in [1.165, 1.54) is 5.56 Å². The fraction of sp³-hybridized carbons (Fsp3) is 0.0526. The first kappa shape index (κ1) is 14.0. The van der Waals surface area contributed by atoms with E-state index in [2.05, 4.69) is 41.2 Å². The van der Waals surface area contributed by atoms with Crippen molar-refractivity contribution < 1.29 is 0 Å². The molecule has 3 aromatic rings. The molecule has 1 heterocycles. The predicted octanol–water partition coefficient (Wildman–Crippen LogP) is 4.09. The van der Waals surface area contributed by atoms with Crippen molar-refractivity contribution in [3.63, 3.8) is 0 Å². The van der Waals surface area contributed by atoms with Crippen LogP contribution in [0.25, 0.3) is 11.1 Å². The predicted molar refractivity (Wildman–Crippen MR) is 91.2 cm³/mol. The Labute approximate surface area is 130 Å². The summed E-state index contributed by atoms with van der Waals surface area (Å²) in [7, 11) is 0. The van der Waals surface area contributed by atoms with Crippen LogP contribution in [0, 0.1) is 6.92 Å². The largest absolute Gasteiger partial charge is 0.383 e. The molecule has 3 rings (SSSR count). The van der Waals surface area contributed by atoms with Crippen molar-refractivity contribution in [2.45, 2.75) is 6.92 Å². The number of nitrogens with zero attached hydrogens (tertiary/aromatic N) is 2. The van der Waals surface area contributed by atoms with E-state index in [1.54, 1.807) is 0 Å². The summed E-state index contributed by atoms with van der Waals surface area (Å²) < 4.78 is 0. The van der Waals surface area contributed by atoms with Gasteiger partial charge in [0.25, 0.3) is 0 Å². The second-order valence-electron chi connectivity index (χ2n) is 5.13. The lowest BCUT2D eigenvalue weighted by atomic mass is 10.1. The van der Waals surface area contributed by atoms with Gasteiger partial charge in [0.05, 0.1) is 0 Å². The second kappa shape index (κ2) is 6.22. The highest BCUT2D eigenvalue weighted by molar-refractivity contribution is 5.98. The third-order valence-electron chi connectivity index (χ3n) is 3.44. The number of rotatable bonds is 3. The van der Waals surface area contributed by atoms with Gasteiger partial charge in [-0.1, -0.05) is 60.2 Å². The van der Waals surface area contributed by atoms with Crippen molar-refractivity contribution in [3.05, 3.63) is 84.1 Å². The summed E-state index contributed by atoms with van der Waals surface area (Å²) in [6.07, 6.45) is 1.82. The lowest BCUT2D eigenvalue weighted by Crippen LogP contribution is -2.12. The standard InChI is InChI=1S/C19H17N3/c1-14-7-9-15(10-8-14)17-11-12-18(21-13-17)22-19(20)16-5-3-2-4-6-16/h2-13H,1H3,(H2,20,21,22). The Bertz CT molecular complexity index is 773. The van der Waals surface area contributed by atoms with Gasteiger partial charge in [0.2, 0.25) is 0 Å². The van der Waals surface area contributed by atoms with E-state index in [0.717, 1.165) is 16.7 Å². The number of hydrogen-bond donors (Lipinski definition) is 1. The zero-order valence-electron chi connectivity index (χ0n) is 12.4. The average Bonchev–Trinajstić information content (AvgIpc) is 2.57. The molecule has 3 heteroatoms. The van der Waals surface area contributed by atoms with Gasteiger partial charge in [0.15, 0.2) is 5.82 Å². The van der Waals surface area contributed by atoms with E-state index in [-0.39, 0.29) is 0 Å². The van der Waals surface area contributed by atoms with Crippen LogP contribution in [0.15, 0.2) is 77.9 Å². The molecule has 0 amide bonds. The van der Waals surface area contributed by atoms with Crippen molar-refractivity contribution >= 4 is 11.7 Å². The molecule has 0 aliphatic heterocycles. The van der Waals surface area contributed by atoms with Crippen molar-refractivity contribution in [3.8, 4) is 11.1 Å². The van der Waals surface area contributed by atoms with Crippen LogP contribution < -0.4 is 5.73 Å². The second-order valence-corrected chi connectivity index (χ2v) is 5.13. The molecule has 0 aliphatic rings. The van der Waals surface area contributed by atoms with E-state index in [9.17, 15) is 0 Å². The van der Waals surface area contributed by atoms with E-state index >= 15 is 0 Å². The summed E-state index contributed by atoms with van der Waals surface area (Å²) in [5, 5.41) is 0. The van der Waals surface area contributed by atoms with Crippen molar-refractivity contribution in [2.24, 2.45) is 10.7 Å². The van der Waals surface area contributed by atoms with Crippen LogP contribution >= 0.6 is 0 Å². The highest BCUT2D eigenvalue weighted by Crippen LogP contribution is 2.21. The Morgan fingerprint density at radius 2 is 1.55 bits per heavy atom. The molecular formula is C19H17N3. The lowest BCUT2D eigenvalue weighted by Gasteiger charge is -2.03. The lowest BCUT2D eigenvalue weighted by molar-refractivity contribution is 1.26. The monoisotopic (exact) mass is 287 g/mol. The van der Waals surface area contributed by atoms with Crippen LogP contribution in [0.3, 0.4) is 0 Å². The molecule has 0 spiro atoms. The minimum Gasteiger partial charge on any atom is -0.383 e. The Hall–Kier alpha value is -2.94. The smallest absolute Gasteiger partial charge is 0.154 e. The Morgan fingerprint density at radius 3 is 2.18 bits per heavy atom. The number of aryl methyl sites for hydroxylation is 1. The van der Waals surface area contributed by atoms with Gasteiger partial charge in [-0.05, 0) is 24.6 Å². The summed E-state index contributed by atoms with van der Waals surface area (Å²) in [4.78, 5) is 8.74. The fourth-order valence-electron chi connectivity index (χ4n) is 2.17. The number of aromatic nitrogens is 1. The normalized spacial score (nSPS) is 11.4. The summed E-state index contributed by atoms with van der Waals surface area (Å²) in [6, 6.07) is 21.9. The van der Waals surface area contributed by atoms with E-state index in [4.69, 9.17) is 5.73 Å². The number of aliphatic imine (C=N–C) groups is 1. The summed E-state index contributed by atoms with van der Waals surface area (Å²) in [5.41, 5.74) is 10.4. The molecule has 0 unspecified atom stereocenters. The highest BCUT2D eigenvalue weighted by Gasteiger charge is 2.01. The molecule has 2 aromatic carbocycles. The first-order valence-electron chi connectivity index (χ1n) is 7.15. The van der Waals surface area contributed by atoms with E-state index < -0.39 is 0 Å². The maximum absolute atomic E-state index is 6.00. The number of amidine groups is 1. The van der Waals surface area contributed by atoms with Gasteiger partial charge in [-0.15, -0.1) is 0 Å². The molecule has 0 fully saturated rings. The minimum atomic E-state index is 0.469. The van der Waals surface area contributed by atoms with Crippen LogP contribution in [-0.4, -0.2) is 10.8 Å². The van der Waals surface area contributed by atoms with Crippen LogP contribution in [-0.2, 0) is 0 Å². The van der Waals surface area contributed by atoms with Crippen LogP contribution in [0.2, 0.25) is 0 Å². The third kappa shape index (κ3) is 3.20. The van der Waals surface area contributed by atoms with Crippen molar-refractivity contribution in [1.29, 1.82) is 0 Å². The molecule has 0 atom stereocenters. The zero-order chi connectivity index (χ0) is 15.4. The van der Waals surface area contributed by atoms with Gasteiger partial charge in [0.1, 0.15) is 5.84 Å². The van der Waals surface area contributed by atoms with Crippen molar-refractivity contribution in [1.82, 2.24) is 4.98 Å². The third-order valence-corrected chi connectivity index (χ3v) is 3.44. The van der Waals surface area contributed by atoms with E-state index in [0.29, 0.717) is 11.7 Å². The molecule has 0 bridgehead atoms. The first-order chi connectivity index (χ1) is 10.7. The van der Waals surface area contributed by atoms with Gasteiger partial charge < -0.3 is 5.73 Å². The van der Waals surface area contributed by atoms with Crippen LogP contribution in [0.4, 0.5) is 5.82 Å². The number of benzene rings is 2. The molecule has 2 N–H and O–H groups in total.